The average Bonchev–Trinajstić information content (AvgIpc) is 3.07. The van der Waals surface area contributed by atoms with Gasteiger partial charge in [-0.25, -0.2) is 0 Å². The van der Waals surface area contributed by atoms with Crippen LogP contribution in [-0.2, 0) is 9.53 Å². The Morgan fingerprint density at radius 2 is 1.87 bits per heavy atom. The Kier molecular flexibility index (Phi) is 5.74. The van der Waals surface area contributed by atoms with Crippen molar-refractivity contribution < 1.29 is 14.6 Å². The average molecular weight is 417 g/mol. The lowest BCUT2D eigenvalue weighted by atomic mass is 9.55. The summed E-state index contributed by atoms with van der Waals surface area (Å²) in [6.45, 7) is 9.92. The molecule has 0 aromatic rings. The molecule has 168 valence electrons. The van der Waals surface area contributed by atoms with E-state index < -0.39 is 6.10 Å². The van der Waals surface area contributed by atoms with Gasteiger partial charge in [-0.2, -0.15) is 0 Å². The fraction of sp³-hybridized carbons (Fsp3) is 0.880. The number of esters is 1. The molecule has 0 aromatic carbocycles. The summed E-state index contributed by atoms with van der Waals surface area (Å²) in [6, 6.07) is 0.722. The zero-order valence-electron chi connectivity index (χ0n) is 18.9. The SMILES string of the molecule is C[C@@H]1CCC=C2C[C@H]3OC(=O)C(CN4CCC(N5CCCCC5)CC4)[C@H]3[C@H](O)[C@@]21C. The lowest BCUT2D eigenvalue weighted by Gasteiger charge is -2.52. The molecule has 1 N–H and O–H groups in total. The lowest BCUT2D eigenvalue weighted by Crippen LogP contribution is -2.55. The summed E-state index contributed by atoms with van der Waals surface area (Å²) in [6.07, 6.45) is 11.2. The molecule has 3 aliphatic heterocycles. The molecule has 4 fully saturated rings. The third kappa shape index (κ3) is 3.45. The number of ether oxygens (including phenoxy) is 1. The summed E-state index contributed by atoms with van der Waals surface area (Å²) >= 11 is 0. The number of allylic oxidation sites excluding steroid dienone is 1. The van der Waals surface area contributed by atoms with Crippen molar-refractivity contribution >= 4 is 5.97 Å². The molecule has 5 heteroatoms. The highest BCUT2D eigenvalue weighted by atomic mass is 16.6. The van der Waals surface area contributed by atoms with Crippen molar-refractivity contribution in [1.82, 2.24) is 9.80 Å². The first-order chi connectivity index (χ1) is 14.5. The minimum atomic E-state index is -0.486. The van der Waals surface area contributed by atoms with Gasteiger partial charge in [0, 0.05) is 30.3 Å². The number of aliphatic hydroxyl groups is 1. The number of aliphatic hydroxyl groups excluding tert-OH is 1. The van der Waals surface area contributed by atoms with Crippen LogP contribution in [0, 0.1) is 23.2 Å². The molecule has 5 aliphatic rings. The first kappa shape index (κ1) is 21.0. The molecule has 2 aliphatic carbocycles. The molecule has 0 amide bonds. The minimum absolute atomic E-state index is 0.0555. The third-order valence-corrected chi connectivity index (χ3v) is 9.49. The quantitative estimate of drug-likeness (QED) is 0.566. The monoisotopic (exact) mass is 416 g/mol. The van der Waals surface area contributed by atoms with Gasteiger partial charge in [-0.3, -0.25) is 4.79 Å². The van der Waals surface area contributed by atoms with E-state index in [0.29, 0.717) is 5.92 Å². The molecule has 5 rings (SSSR count). The largest absolute Gasteiger partial charge is 0.461 e. The number of nitrogens with zero attached hydrogens (tertiary/aromatic N) is 2. The van der Waals surface area contributed by atoms with E-state index in [1.165, 1.54) is 50.8 Å². The van der Waals surface area contributed by atoms with Gasteiger partial charge in [-0.1, -0.05) is 31.9 Å². The summed E-state index contributed by atoms with van der Waals surface area (Å²) in [5, 5.41) is 11.5. The molecule has 3 saturated heterocycles. The van der Waals surface area contributed by atoms with Crippen LogP contribution in [0.3, 0.4) is 0 Å². The first-order valence-electron chi connectivity index (χ1n) is 12.5. The van der Waals surface area contributed by atoms with Gasteiger partial charge < -0.3 is 19.6 Å². The van der Waals surface area contributed by atoms with Crippen molar-refractivity contribution in [2.45, 2.75) is 83.5 Å². The predicted molar refractivity (Wildman–Crippen MR) is 117 cm³/mol. The molecule has 6 atom stereocenters. The van der Waals surface area contributed by atoms with E-state index in [-0.39, 0.29) is 29.3 Å². The van der Waals surface area contributed by atoms with Crippen LogP contribution >= 0.6 is 0 Å². The fourth-order valence-corrected chi connectivity index (χ4v) is 7.30. The highest BCUT2D eigenvalue weighted by Gasteiger charge is 2.59. The van der Waals surface area contributed by atoms with E-state index >= 15 is 0 Å². The second kappa shape index (κ2) is 8.22. The highest BCUT2D eigenvalue weighted by molar-refractivity contribution is 5.76. The number of rotatable bonds is 3. The second-order valence-corrected chi connectivity index (χ2v) is 10.9. The number of hydrogen-bond acceptors (Lipinski definition) is 5. The van der Waals surface area contributed by atoms with Crippen molar-refractivity contribution in [3.8, 4) is 0 Å². The van der Waals surface area contributed by atoms with Crippen LogP contribution in [0.1, 0.15) is 65.2 Å². The van der Waals surface area contributed by atoms with Gasteiger partial charge in [0.05, 0.1) is 12.0 Å². The molecule has 5 nitrogen and oxygen atoms in total. The molecule has 0 bridgehead atoms. The van der Waals surface area contributed by atoms with E-state index in [1.54, 1.807) is 0 Å². The van der Waals surface area contributed by atoms with Crippen LogP contribution in [0.2, 0.25) is 0 Å². The van der Waals surface area contributed by atoms with Crippen LogP contribution in [0.5, 0.6) is 0 Å². The Morgan fingerprint density at radius 3 is 2.60 bits per heavy atom. The first-order valence-corrected chi connectivity index (χ1v) is 12.5. The molecular formula is C25H40N2O3. The second-order valence-electron chi connectivity index (χ2n) is 10.9. The number of carbonyl (C=O) groups excluding carboxylic acids is 1. The van der Waals surface area contributed by atoms with Crippen molar-refractivity contribution in [3.63, 3.8) is 0 Å². The Morgan fingerprint density at radius 1 is 1.13 bits per heavy atom. The smallest absolute Gasteiger partial charge is 0.311 e. The van der Waals surface area contributed by atoms with Gasteiger partial charge >= 0.3 is 5.97 Å². The van der Waals surface area contributed by atoms with Crippen LogP contribution in [0.4, 0.5) is 0 Å². The molecule has 1 saturated carbocycles. The third-order valence-electron chi connectivity index (χ3n) is 9.49. The van der Waals surface area contributed by atoms with E-state index in [1.807, 2.05) is 0 Å². The molecule has 30 heavy (non-hydrogen) atoms. The van der Waals surface area contributed by atoms with Crippen molar-refractivity contribution in [1.29, 1.82) is 0 Å². The molecule has 3 heterocycles. The maximum absolute atomic E-state index is 12.9. The molecule has 0 radical (unpaired) electrons. The van der Waals surface area contributed by atoms with Gasteiger partial charge in [0.25, 0.3) is 0 Å². The van der Waals surface area contributed by atoms with E-state index in [2.05, 4.69) is 29.7 Å². The number of likely N-dealkylation sites (tertiary alicyclic amines) is 2. The van der Waals surface area contributed by atoms with Crippen molar-refractivity contribution in [2.24, 2.45) is 23.2 Å². The highest BCUT2D eigenvalue weighted by Crippen LogP contribution is 2.56. The normalized spacial score (nSPS) is 43.6. The fourth-order valence-electron chi connectivity index (χ4n) is 7.30. The van der Waals surface area contributed by atoms with Gasteiger partial charge in [-0.05, 0) is 70.6 Å². The maximum Gasteiger partial charge on any atom is 0.311 e. The number of piperidine rings is 2. The molecule has 0 aromatic heterocycles. The lowest BCUT2D eigenvalue weighted by molar-refractivity contribution is -0.145. The van der Waals surface area contributed by atoms with E-state index in [9.17, 15) is 9.90 Å². The number of hydrogen-bond donors (Lipinski definition) is 1. The van der Waals surface area contributed by atoms with Gasteiger partial charge in [0.2, 0.25) is 0 Å². The molecular weight excluding hydrogens is 376 g/mol. The van der Waals surface area contributed by atoms with Gasteiger partial charge in [-0.15, -0.1) is 0 Å². The Bertz CT molecular complexity index is 680. The summed E-state index contributed by atoms with van der Waals surface area (Å²) in [5.41, 5.74) is 1.12. The zero-order valence-corrected chi connectivity index (χ0v) is 18.9. The van der Waals surface area contributed by atoms with Gasteiger partial charge in [0.1, 0.15) is 6.10 Å². The standard InChI is InChI=1S/C25H40N2O3/c1-17-7-6-8-18-15-21-22(23(28)25(17,18)2)20(24(29)30-21)16-26-13-9-19(10-14-26)27-11-4-3-5-12-27/h8,17,19-23,28H,3-7,9-16H2,1-2H3/t17-,20?,21-,22-,23+,25-/m1/s1. The van der Waals surface area contributed by atoms with Crippen LogP contribution in [0.25, 0.3) is 0 Å². The van der Waals surface area contributed by atoms with E-state index in [0.717, 1.165) is 44.9 Å². The topological polar surface area (TPSA) is 53.0 Å². The molecule has 0 spiro atoms. The van der Waals surface area contributed by atoms with Gasteiger partial charge in [0.15, 0.2) is 0 Å². The Balaban J connectivity index is 1.25. The van der Waals surface area contributed by atoms with Crippen molar-refractivity contribution in [2.75, 3.05) is 32.7 Å². The maximum atomic E-state index is 12.9. The summed E-state index contributed by atoms with van der Waals surface area (Å²) in [7, 11) is 0. The van der Waals surface area contributed by atoms with E-state index in [4.69, 9.17) is 4.74 Å². The van der Waals surface area contributed by atoms with Crippen molar-refractivity contribution in [3.05, 3.63) is 11.6 Å². The summed E-state index contributed by atoms with van der Waals surface area (Å²) < 4.78 is 5.86. The Hall–Kier alpha value is -0.910. The number of carbonyl (C=O) groups is 1. The Labute approximate surface area is 181 Å². The van der Waals surface area contributed by atoms with Crippen LogP contribution in [-0.4, -0.2) is 71.8 Å². The zero-order chi connectivity index (χ0) is 20.9. The number of fused-ring (bicyclic) bond motifs is 2. The summed E-state index contributed by atoms with van der Waals surface area (Å²) in [5.74, 6) is 0.145. The van der Waals surface area contributed by atoms with Crippen LogP contribution in [0.15, 0.2) is 11.6 Å². The molecule has 1 unspecified atom stereocenters. The summed E-state index contributed by atoms with van der Waals surface area (Å²) in [4.78, 5) is 18.0. The van der Waals surface area contributed by atoms with Crippen LogP contribution < -0.4 is 0 Å². The minimum Gasteiger partial charge on any atom is -0.461 e. The predicted octanol–water partition coefficient (Wildman–Crippen LogP) is 3.22.